The predicted molar refractivity (Wildman–Crippen MR) is 83.2 cm³/mol. The van der Waals surface area contributed by atoms with Crippen molar-refractivity contribution in [2.75, 3.05) is 7.05 Å². The van der Waals surface area contributed by atoms with Gasteiger partial charge in [0.2, 0.25) is 0 Å². The molecule has 0 heterocycles. The molecule has 19 heavy (non-hydrogen) atoms. The van der Waals surface area contributed by atoms with Crippen molar-refractivity contribution in [1.82, 2.24) is 5.32 Å². The van der Waals surface area contributed by atoms with Gasteiger partial charge in [-0.15, -0.1) is 0 Å². The summed E-state index contributed by atoms with van der Waals surface area (Å²) in [5.41, 5.74) is 3.58. The minimum Gasteiger partial charge on any atom is -0.309 e. The molecule has 0 fully saturated rings. The topological polar surface area (TPSA) is 12.0 Å². The average molecular weight is 294 g/mol. The molecule has 1 atom stereocenters. The monoisotopic (exact) mass is 293 g/mol. The Morgan fingerprint density at radius 3 is 2.37 bits per heavy atom. The van der Waals surface area contributed by atoms with Crippen LogP contribution in [-0.2, 0) is 6.42 Å². The van der Waals surface area contributed by atoms with Gasteiger partial charge in [-0.05, 0) is 36.2 Å². The van der Waals surface area contributed by atoms with Crippen molar-refractivity contribution in [3.63, 3.8) is 0 Å². The van der Waals surface area contributed by atoms with Gasteiger partial charge in [-0.25, -0.2) is 0 Å². The van der Waals surface area contributed by atoms with Crippen LogP contribution in [0.1, 0.15) is 29.7 Å². The molecular weight excluding hydrogens is 277 g/mol. The lowest BCUT2D eigenvalue weighted by molar-refractivity contribution is 0.684. The van der Waals surface area contributed by atoms with E-state index in [4.69, 9.17) is 23.2 Å². The van der Waals surface area contributed by atoms with Gasteiger partial charge < -0.3 is 5.32 Å². The lowest BCUT2D eigenvalue weighted by Gasteiger charge is -2.21. The Hall–Kier alpha value is -1.02. The summed E-state index contributed by atoms with van der Waals surface area (Å²) >= 11 is 12.5. The van der Waals surface area contributed by atoms with Crippen LogP contribution in [0.25, 0.3) is 0 Å². The summed E-state index contributed by atoms with van der Waals surface area (Å²) < 4.78 is 0. The second-order valence-corrected chi connectivity index (χ2v) is 5.20. The molecule has 1 unspecified atom stereocenters. The van der Waals surface area contributed by atoms with Gasteiger partial charge in [0.05, 0.1) is 16.1 Å². The summed E-state index contributed by atoms with van der Waals surface area (Å²) in [5.74, 6) is 0. The number of rotatable bonds is 4. The first kappa shape index (κ1) is 14.4. The zero-order chi connectivity index (χ0) is 13.8. The smallest absolute Gasteiger partial charge is 0.0643 e. The highest BCUT2D eigenvalue weighted by molar-refractivity contribution is 6.42. The zero-order valence-electron chi connectivity index (χ0n) is 11.1. The van der Waals surface area contributed by atoms with Crippen LogP contribution in [0.15, 0.2) is 42.5 Å². The number of halogens is 2. The Balaban J connectivity index is 2.53. The van der Waals surface area contributed by atoms with Crippen LogP contribution in [0, 0.1) is 0 Å². The molecule has 0 amide bonds. The maximum atomic E-state index is 6.34. The Morgan fingerprint density at radius 1 is 1.00 bits per heavy atom. The Bertz CT molecular complexity index is 566. The van der Waals surface area contributed by atoms with Gasteiger partial charge in [0.25, 0.3) is 0 Å². The fourth-order valence-electron chi connectivity index (χ4n) is 2.36. The van der Waals surface area contributed by atoms with E-state index in [2.05, 4.69) is 36.5 Å². The minimum absolute atomic E-state index is 0.0577. The normalized spacial score (nSPS) is 12.4. The summed E-state index contributed by atoms with van der Waals surface area (Å²) in [6.45, 7) is 2.16. The summed E-state index contributed by atoms with van der Waals surface area (Å²) in [6, 6.07) is 14.2. The van der Waals surface area contributed by atoms with Crippen molar-refractivity contribution in [2.24, 2.45) is 0 Å². The Labute approximate surface area is 124 Å². The van der Waals surface area contributed by atoms with Gasteiger partial charge >= 0.3 is 0 Å². The first-order chi connectivity index (χ1) is 9.19. The zero-order valence-corrected chi connectivity index (χ0v) is 12.6. The molecule has 2 rings (SSSR count). The maximum absolute atomic E-state index is 6.34. The average Bonchev–Trinajstić information content (AvgIpc) is 2.45. The number of hydrogen-bond acceptors (Lipinski definition) is 1. The molecule has 1 nitrogen and oxygen atoms in total. The van der Waals surface area contributed by atoms with Crippen LogP contribution in [0.2, 0.25) is 10.0 Å². The van der Waals surface area contributed by atoms with Crippen LogP contribution < -0.4 is 5.32 Å². The van der Waals surface area contributed by atoms with E-state index in [1.54, 1.807) is 0 Å². The molecule has 2 aromatic carbocycles. The van der Waals surface area contributed by atoms with E-state index in [0.717, 1.165) is 12.0 Å². The quantitative estimate of drug-likeness (QED) is 0.848. The van der Waals surface area contributed by atoms with Gasteiger partial charge in [0.1, 0.15) is 0 Å². The molecule has 0 bridgehead atoms. The minimum atomic E-state index is 0.0577. The van der Waals surface area contributed by atoms with Crippen molar-refractivity contribution in [2.45, 2.75) is 19.4 Å². The molecule has 2 aromatic rings. The SMILES string of the molecule is CCc1ccccc1C(NC)c1cccc(Cl)c1Cl. The maximum Gasteiger partial charge on any atom is 0.0643 e. The van der Waals surface area contributed by atoms with Gasteiger partial charge in [-0.2, -0.15) is 0 Å². The van der Waals surface area contributed by atoms with Crippen LogP contribution in [0.5, 0.6) is 0 Å². The highest BCUT2D eigenvalue weighted by Crippen LogP contribution is 2.34. The van der Waals surface area contributed by atoms with Crippen molar-refractivity contribution >= 4 is 23.2 Å². The number of hydrogen-bond donors (Lipinski definition) is 1. The first-order valence-corrected chi connectivity index (χ1v) is 7.13. The fourth-order valence-corrected chi connectivity index (χ4v) is 2.78. The van der Waals surface area contributed by atoms with Crippen LogP contribution in [0.4, 0.5) is 0 Å². The second-order valence-electron chi connectivity index (χ2n) is 4.42. The van der Waals surface area contributed by atoms with E-state index in [0.29, 0.717) is 10.0 Å². The number of nitrogens with one attached hydrogen (secondary N) is 1. The summed E-state index contributed by atoms with van der Waals surface area (Å²) in [5, 5.41) is 4.55. The molecule has 0 spiro atoms. The summed E-state index contributed by atoms with van der Waals surface area (Å²) in [4.78, 5) is 0. The molecule has 100 valence electrons. The van der Waals surface area contributed by atoms with E-state index < -0.39 is 0 Å². The molecule has 0 saturated heterocycles. The van der Waals surface area contributed by atoms with Gasteiger partial charge in [-0.3, -0.25) is 0 Å². The molecule has 0 saturated carbocycles. The van der Waals surface area contributed by atoms with Crippen molar-refractivity contribution < 1.29 is 0 Å². The van der Waals surface area contributed by atoms with Gasteiger partial charge in [0.15, 0.2) is 0 Å². The van der Waals surface area contributed by atoms with Crippen LogP contribution in [0.3, 0.4) is 0 Å². The fraction of sp³-hybridized carbons (Fsp3) is 0.250. The molecule has 0 aromatic heterocycles. The third-order valence-corrected chi connectivity index (χ3v) is 4.16. The third kappa shape index (κ3) is 2.94. The highest BCUT2D eigenvalue weighted by atomic mass is 35.5. The highest BCUT2D eigenvalue weighted by Gasteiger charge is 2.18. The van der Waals surface area contributed by atoms with E-state index in [1.165, 1.54) is 11.1 Å². The van der Waals surface area contributed by atoms with Crippen molar-refractivity contribution in [3.8, 4) is 0 Å². The van der Waals surface area contributed by atoms with Crippen molar-refractivity contribution in [1.29, 1.82) is 0 Å². The van der Waals surface area contributed by atoms with E-state index in [9.17, 15) is 0 Å². The molecule has 0 aliphatic heterocycles. The van der Waals surface area contributed by atoms with Crippen LogP contribution >= 0.6 is 23.2 Å². The second kappa shape index (κ2) is 6.42. The predicted octanol–water partition coefficient (Wildman–Crippen LogP) is 4.86. The van der Waals surface area contributed by atoms with E-state index in [1.807, 2.05) is 25.2 Å². The molecule has 0 aliphatic carbocycles. The standard InChI is InChI=1S/C16H17Cl2N/c1-3-11-7-4-5-8-12(11)16(19-2)13-9-6-10-14(17)15(13)18/h4-10,16,19H,3H2,1-2H3. The Morgan fingerprint density at radius 2 is 1.68 bits per heavy atom. The molecule has 1 N–H and O–H groups in total. The van der Waals surface area contributed by atoms with Crippen LogP contribution in [-0.4, -0.2) is 7.05 Å². The van der Waals surface area contributed by atoms with Gasteiger partial charge in [0, 0.05) is 0 Å². The van der Waals surface area contributed by atoms with Crippen molar-refractivity contribution in [3.05, 3.63) is 69.2 Å². The van der Waals surface area contributed by atoms with Gasteiger partial charge in [-0.1, -0.05) is 66.5 Å². The first-order valence-electron chi connectivity index (χ1n) is 6.38. The van der Waals surface area contributed by atoms with E-state index in [-0.39, 0.29) is 6.04 Å². The number of benzene rings is 2. The summed E-state index contributed by atoms with van der Waals surface area (Å²) in [6.07, 6.45) is 0.993. The largest absolute Gasteiger partial charge is 0.309 e. The number of aryl methyl sites for hydroxylation is 1. The Kier molecular flexibility index (Phi) is 4.87. The molecule has 3 heteroatoms. The van der Waals surface area contributed by atoms with E-state index >= 15 is 0 Å². The lowest BCUT2D eigenvalue weighted by Crippen LogP contribution is -2.19. The lowest BCUT2D eigenvalue weighted by atomic mass is 9.93. The third-order valence-electron chi connectivity index (χ3n) is 3.33. The summed E-state index contributed by atoms with van der Waals surface area (Å²) in [7, 11) is 1.94. The molecule has 0 radical (unpaired) electrons. The molecular formula is C16H17Cl2N. The molecule has 0 aliphatic rings.